The van der Waals surface area contributed by atoms with E-state index in [1.807, 2.05) is 0 Å². The van der Waals surface area contributed by atoms with E-state index in [9.17, 15) is 14.4 Å². The van der Waals surface area contributed by atoms with Gasteiger partial charge < -0.3 is 14.2 Å². The molecule has 0 aliphatic rings. The van der Waals surface area contributed by atoms with Crippen LogP contribution in [-0.2, 0) is 28.6 Å². The zero-order valence-electron chi connectivity index (χ0n) is 53.4. The zero-order valence-corrected chi connectivity index (χ0v) is 53.4. The third-order valence-corrected chi connectivity index (χ3v) is 16.1. The molecule has 0 N–H and O–H groups in total. The minimum Gasteiger partial charge on any atom is -0.462 e. The second-order valence-corrected chi connectivity index (χ2v) is 24.2. The largest absolute Gasteiger partial charge is 0.462 e. The molecule has 6 heteroatoms. The minimum atomic E-state index is -0.769. The van der Waals surface area contributed by atoms with E-state index in [0.717, 1.165) is 70.6 Å². The molecule has 1 atom stereocenters. The van der Waals surface area contributed by atoms with Crippen LogP contribution in [0.2, 0.25) is 0 Å². The molecule has 0 aromatic rings. The van der Waals surface area contributed by atoms with Gasteiger partial charge in [-0.2, -0.15) is 0 Å². The first kappa shape index (κ1) is 76.6. The van der Waals surface area contributed by atoms with Gasteiger partial charge in [-0.1, -0.05) is 353 Å². The SMILES string of the molecule is CCCCCCC/C=C\C/C=C\C/C=C\CCCCCCCCCCCCCCC(=O)OCC(COC(=O)CCCCCCCCCCCCCCCC)OC(=O)CCCCCCCCCCCCCCCCCCCCCC. The predicted octanol–water partition coefficient (Wildman–Crippen LogP) is 24.3. The Morgan fingerprint density at radius 2 is 0.456 bits per heavy atom. The van der Waals surface area contributed by atoms with Crippen LogP contribution in [0.15, 0.2) is 36.5 Å². The van der Waals surface area contributed by atoms with Gasteiger partial charge in [-0.05, 0) is 57.8 Å². The first-order chi connectivity index (χ1) is 39.0. The van der Waals surface area contributed by atoms with Gasteiger partial charge in [0, 0.05) is 19.3 Å². The maximum Gasteiger partial charge on any atom is 0.306 e. The molecule has 0 fully saturated rings. The number of rotatable bonds is 66. The summed E-state index contributed by atoms with van der Waals surface area (Å²) < 4.78 is 17.0. The highest BCUT2D eigenvalue weighted by Crippen LogP contribution is 2.19. The Bertz CT molecular complexity index is 1320. The fraction of sp³-hybridized carbons (Fsp3) is 0.877. The van der Waals surface area contributed by atoms with Gasteiger partial charge in [-0.3, -0.25) is 14.4 Å². The minimum absolute atomic E-state index is 0.0659. The molecule has 0 heterocycles. The van der Waals surface area contributed by atoms with Crippen molar-refractivity contribution in [1.82, 2.24) is 0 Å². The van der Waals surface area contributed by atoms with Crippen molar-refractivity contribution >= 4 is 17.9 Å². The molecule has 0 aliphatic carbocycles. The molecule has 79 heavy (non-hydrogen) atoms. The Labute approximate surface area is 493 Å². The summed E-state index contributed by atoms with van der Waals surface area (Å²) in [5.41, 5.74) is 0. The molecule has 0 aromatic carbocycles. The van der Waals surface area contributed by atoms with Crippen LogP contribution in [0.25, 0.3) is 0 Å². The lowest BCUT2D eigenvalue weighted by molar-refractivity contribution is -0.167. The van der Waals surface area contributed by atoms with Crippen LogP contribution in [0.5, 0.6) is 0 Å². The van der Waals surface area contributed by atoms with Crippen LogP contribution in [0.3, 0.4) is 0 Å². The van der Waals surface area contributed by atoms with Crippen molar-refractivity contribution in [3.63, 3.8) is 0 Å². The van der Waals surface area contributed by atoms with Crippen LogP contribution >= 0.6 is 0 Å². The van der Waals surface area contributed by atoms with Crippen LogP contribution in [0.1, 0.15) is 393 Å². The molecule has 0 spiro atoms. The standard InChI is InChI=1S/C73H136O6/c1-4-7-10-13-16-19-22-25-28-30-32-34-35-36-37-38-39-40-42-43-45-48-51-54-57-60-63-66-72(75)78-69-70(68-77-71(74)65-62-59-56-53-50-47-27-24-21-18-15-12-9-6-3)79-73(76)67-64-61-58-55-52-49-46-44-41-33-31-29-26-23-20-17-14-11-8-5-2/h22,25,30,32,35-36,70H,4-21,23-24,26-29,31,33-34,37-69H2,1-3H3/b25-22-,32-30-,36-35-. The van der Waals surface area contributed by atoms with E-state index in [1.165, 1.54) is 283 Å². The molecule has 0 radical (unpaired) electrons. The van der Waals surface area contributed by atoms with Crippen LogP contribution in [-0.4, -0.2) is 37.2 Å². The van der Waals surface area contributed by atoms with Crippen molar-refractivity contribution in [1.29, 1.82) is 0 Å². The van der Waals surface area contributed by atoms with Gasteiger partial charge in [0.2, 0.25) is 0 Å². The van der Waals surface area contributed by atoms with Crippen molar-refractivity contribution in [3.05, 3.63) is 36.5 Å². The molecular weight excluding hydrogens is 973 g/mol. The second kappa shape index (κ2) is 68.1. The first-order valence-corrected chi connectivity index (χ1v) is 35.5. The lowest BCUT2D eigenvalue weighted by Crippen LogP contribution is -2.30. The summed E-state index contributed by atoms with van der Waals surface area (Å²) in [6, 6.07) is 0. The number of allylic oxidation sites excluding steroid dienone is 6. The van der Waals surface area contributed by atoms with Crippen molar-refractivity contribution < 1.29 is 28.6 Å². The van der Waals surface area contributed by atoms with Crippen LogP contribution < -0.4 is 0 Å². The van der Waals surface area contributed by atoms with E-state index in [2.05, 4.69) is 57.2 Å². The van der Waals surface area contributed by atoms with E-state index >= 15 is 0 Å². The van der Waals surface area contributed by atoms with Gasteiger partial charge in [0.25, 0.3) is 0 Å². The number of ether oxygens (including phenoxy) is 3. The molecule has 1 unspecified atom stereocenters. The van der Waals surface area contributed by atoms with E-state index in [1.54, 1.807) is 0 Å². The zero-order chi connectivity index (χ0) is 57.1. The number of unbranched alkanes of at least 4 members (excludes halogenated alkanes) is 49. The van der Waals surface area contributed by atoms with Crippen LogP contribution in [0.4, 0.5) is 0 Å². The van der Waals surface area contributed by atoms with Crippen molar-refractivity contribution in [2.75, 3.05) is 13.2 Å². The normalized spacial score (nSPS) is 12.2. The number of esters is 3. The summed E-state index contributed by atoms with van der Waals surface area (Å²) >= 11 is 0. The lowest BCUT2D eigenvalue weighted by Gasteiger charge is -2.18. The Kier molecular flexibility index (Phi) is 66.1. The molecular formula is C73H136O6. The number of hydrogen-bond donors (Lipinski definition) is 0. The molecule has 0 aromatic heterocycles. The first-order valence-electron chi connectivity index (χ1n) is 35.5. The average Bonchev–Trinajstić information content (AvgIpc) is 3.45. The van der Waals surface area contributed by atoms with Gasteiger partial charge in [-0.15, -0.1) is 0 Å². The third kappa shape index (κ3) is 66.3. The van der Waals surface area contributed by atoms with E-state index in [4.69, 9.17) is 14.2 Å². The highest BCUT2D eigenvalue weighted by atomic mass is 16.6. The maximum atomic E-state index is 12.9. The fourth-order valence-corrected chi connectivity index (χ4v) is 10.8. The summed E-state index contributed by atoms with van der Waals surface area (Å²) in [6.45, 7) is 6.71. The summed E-state index contributed by atoms with van der Waals surface area (Å²) in [7, 11) is 0. The summed E-state index contributed by atoms with van der Waals surface area (Å²) in [5, 5.41) is 0. The summed E-state index contributed by atoms with van der Waals surface area (Å²) in [4.78, 5) is 38.4. The number of carbonyl (C=O) groups is 3. The number of hydrogen-bond acceptors (Lipinski definition) is 6. The maximum absolute atomic E-state index is 12.9. The fourth-order valence-electron chi connectivity index (χ4n) is 10.8. The molecule has 0 bridgehead atoms. The molecule has 0 saturated heterocycles. The highest BCUT2D eigenvalue weighted by molar-refractivity contribution is 5.71. The molecule has 0 aliphatic heterocycles. The molecule has 6 nitrogen and oxygen atoms in total. The lowest BCUT2D eigenvalue weighted by atomic mass is 10.0. The Morgan fingerprint density at radius 1 is 0.253 bits per heavy atom. The quantitative estimate of drug-likeness (QED) is 0.0261. The predicted molar refractivity (Wildman–Crippen MR) is 344 cm³/mol. The van der Waals surface area contributed by atoms with Crippen molar-refractivity contribution in [2.24, 2.45) is 0 Å². The third-order valence-electron chi connectivity index (χ3n) is 16.1. The average molecular weight is 1110 g/mol. The Balaban J connectivity index is 4.24. The number of carbonyl (C=O) groups excluding carboxylic acids is 3. The van der Waals surface area contributed by atoms with E-state index < -0.39 is 6.10 Å². The summed E-state index contributed by atoms with van der Waals surface area (Å²) in [6.07, 6.45) is 84.5. The Morgan fingerprint density at radius 3 is 0.709 bits per heavy atom. The molecule has 0 rings (SSSR count). The smallest absolute Gasteiger partial charge is 0.306 e. The van der Waals surface area contributed by atoms with E-state index in [-0.39, 0.29) is 31.1 Å². The van der Waals surface area contributed by atoms with Crippen LogP contribution in [0, 0.1) is 0 Å². The highest BCUT2D eigenvalue weighted by Gasteiger charge is 2.19. The van der Waals surface area contributed by atoms with Crippen molar-refractivity contribution in [3.8, 4) is 0 Å². The topological polar surface area (TPSA) is 78.9 Å². The summed E-state index contributed by atoms with van der Waals surface area (Å²) in [5.74, 6) is -0.836. The van der Waals surface area contributed by atoms with Gasteiger partial charge in [-0.25, -0.2) is 0 Å². The monoisotopic (exact) mass is 1110 g/mol. The van der Waals surface area contributed by atoms with E-state index in [0.29, 0.717) is 19.3 Å². The Hall–Kier alpha value is -2.37. The molecule has 0 saturated carbocycles. The van der Waals surface area contributed by atoms with Crippen molar-refractivity contribution in [2.45, 2.75) is 399 Å². The molecule has 464 valence electrons. The van der Waals surface area contributed by atoms with Gasteiger partial charge in [0.15, 0.2) is 6.10 Å². The molecule has 0 amide bonds. The van der Waals surface area contributed by atoms with Gasteiger partial charge in [0.05, 0.1) is 0 Å². The van der Waals surface area contributed by atoms with Gasteiger partial charge in [0.1, 0.15) is 13.2 Å². The van der Waals surface area contributed by atoms with Gasteiger partial charge >= 0.3 is 17.9 Å². The second-order valence-electron chi connectivity index (χ2n) is 24.2.